The lowest BCUT2D eigenvalue weighted by Crippen LogP contribution is -2.12. The molecule has 22 heavy (non-hydrogen) atoms. The van der Waals surface area contributed by atoms with Crippen LogP contribution < -0.4 is 10.1 Å². The van der Waals surface area contributed by atoms with Crippen LogP contribution in [0.4, 0.5) is 10.8 Å². The molecule has 8 nitrogen and oxygen atoms in total. The van der Waals surface area contributed by atoms with Crippen LogP contribution in [-0.4, -0.2) is 28.7 Å². The van der Waals surface area contributed by atoms with Crippen molar-refractivity contribution in [3.05, 3.63) is 45.0 Å². The van der Waals surface area contributed by atoms with Gasteiger partial charge in [-0.3, -0.25) is 25.0 Å². The molecule has 0 saturated carbocycles. The lowest BCUT2D eigenvalue weighted by atomic mass is 10.2. The maximum atomic E-state index is 12.1. The number of hydrogen-bond acceptors (Lipinski definition) is 7. The fraction of sp³-hybridized carbons (Fsp3) is 0.154. The highest BCUT2D eigenvalue weighted by atomic mass is 32.1. The molecule has 0 unspecified atom stereocenters. The molecule has 0 aliphatic carbocycles. The number of methoxy groups -OCH3 is 1. The van der Waals surface area contributed by atoms with E-state index in [4.69, 9.17) is 4.74 Å². The van der Waals surface area contributed by atoms with Gasteiger partial charge in [0.25, 0.3) is 5.91 Å². The number of aromatic nitrogens is 1. The Labute approximate surface area is 128 Å². The van der Waals surface area contributed by atoms with Gasteiger partial charge in [0.2, 0.25) is 0 Å². The van der Waals surface area contributed by atoms with E-state index < -0.39 is 10.8 Å². The summed E-state index contributed by atoms with van der Waals surface area (Å²) in [4.78, 5) is 37.9. The fourth-order valence-electron chi connectivity index (χ4n) is 1.64. The average molecular weight is 321 g/mol. The number of ether oxygens (including phenoxy) is 1. The molecule has 1 heterocycles. The smallest absolute Gasteiger partial charge is 0.311 e. The van der Waals surface area contributed by atoms with Crippen LogP contribution >= 0.6 is 11.3 Å². The third kappa shape index (κ3) is 3.26. The van der Waals surface area contributed by atoms with Gasteiger partial charge in [0.15, 0.2) is 16.7 Å². The molecule has 1 aromatic carbocycles. The molecule has 0 bridgehead atoms. The van der Waals surface area contributed by atoms with E-state index in [1.165, 1.54) is 32.4 Å². The predicted octanol–water partition coefficient (Wildman–Crippen LogP) is 2.51. The number of nitrogens with one attached hydrogen (secondary N) is 1. The van der Waals surface area contributed by atoms with Gasteiger partial charge in [-0.15, -0.1) is 0 Å². The molecule has 1 aromatic heterocycles. The van der Waals surface area contributed by atoms with Crippen molar-refractivity contribution in [3.8, 4) is 5.75 Å². The highest BCUT2D eigenvalue weighted by Gasteiger charge is 2.19. The first-order valence-electron chi connectivity index (χ1n) is 6.03. The van der Waals surface area contributed by atoms with Crippen LogP contribution in [0, 0.1) is 10.1 Å². The SMILES string of the molecule is COc1ccc(C(=O)Nc2ncc(C(C)=O)s2)cc1[N+](=O)[O-]. The Bertz CT molecular complexity index is 756. The molecular weight excluding hydrogens is 310 g/mol. The van der Waals surface area contributed by atoms with E-state index in [0.29, 0.717) is 4.88 Å². The van der Waals surface area contributed by atoms with Crippen LogP contribution in [0.1, 0.15) is 27.0 Å². The van der Waals surface area contributed by atoms with Gasteiger partial charge < -0.3 is 4.74 Å². The molecule has 2 aromatic rings. The van der Waals surface area contributed by atoms with Crippen molar-refractivity contribution in [2.45, 2.75) is 6.92 Å². The molecule has 0 saturated heterocycles. The van der Waals surface area contributed by atoms with Crippen molar-refractivity contribution >= 4 is 33.8 Å². The summed E-state index contributed by atoms with van der Waals surface area (Å²) in [7, 11) is 1.31. The maximum Gasteiger partial charge on any atom is 0.311 e. The Morgan fingerprint density at radius 1 is 1.41 bits per heavy atom. The van der Waals surface area contributed by atoms with Gasteiger partial charge in [-0.1, -0.05) is 11.3 Å². The summed E-state index contributed by atoms with van der Waals surface area (Å²) in [6, 6.07) is 3.87. The van der Waals surface area contributed by atoms with E-state index in [1.54, 1.807) is 0 Å². The third-order valence-corrected chi connectivity index (χ3v) is 3.72. The van der Waals surface area contributed by atoms with Gasteiger partial charge >= 0.3 is 5.69 Å². The Hall–Kier alpha value is -2.81. The molecule has 114 valence electrons. The first kappa shape index (κ1) is 15.6. The summed E-state index contributed by atoms with van der Waals surface area (Å²) in [6.07, 6.45) is 1.36. The second kappa shape index (κ2) is 6.31. The summed E-state index contributed by atoms with van der Waals surface area (Å²) in [5, 5.41) is 13.7. The minimum absolute atomic E-state index is 0.0645. The zero-order chi connectivity index (χ0) is 16.3. The second-order valence-electron chi connectivity index (χ2n) is 4.18. The van der Waals surface area contributed by atoms with Crippen molar-refractivity contribution < 1.29 is 19.2 Å². The van der Waals surface area contributed by atoms with Crippen LogP contribution in [0.2, 0.25) is 0 Å². The van der Waals surface area contributed by atoms with E-state index in [9.17, 15) is 19.7 Å². The highest BCUT2D eigenvalue weighted by Crippen LogP contribution is 2.28. The number of amides is 1. The van der Waals surface area contributed by atoms with Crippen molar-refractivity contribution in [3.63, 3.8) is 0 Å². The number of benzene rings is 1. The summed E-state index contributed by atoms with van der Waals surface area (Å²) in [6.45, 7) is 1.39. The first-order valence-corrected chi connectivity index (χ1v) is 6.84. The van der Waals surface area contributed by atoms with Gasteiger partial charge in [-0.05, 0) is 12.1 Å². The molecular formula is C13H11N3O5S. The van der Waals surface area contributed by atoms with Crippen molar-refractivity contribution in [1.29, 1.82) is 0 Å². The zero-order valence-corrected chi connectivity index (χ0v) is 12.5. The number of nitro groups is 1. The van der Waals surface area contributed by atoms with Gasteiger partial charge in [-0.25, -0.2) is 4.98 Å². The van der Waals surface area contributed by atoms with Crippen LogP contribution in [0.15, 0.2) is 24.4 Å². The predicted molar refractivity (Wildman–Crippen MR) is 79.7 cm³/mol. The normalized spacial score (nSPS) is 10.1. The Morgan fingerprint density at radius 2 is 2.14 bits per heavy atom. The largest absolute Gasteiger partial charge is 0.490 e. The number of thiazole rings is 1. The number of nitrogens with zero attached hydrogens (tertiary/aromatic N) is 2. The number of Topliss-reactive ketones (excluding diaryl/α,β-unsaturated/α-hetero) is 1. The highest BCUT2D eigenvalue weighted by molar-refractivity contribution is 7.17. The summed E-state index contributed by atoms with van der Waals surface area (Å²) >= 11 is 1.03. The first-order chi connectivity index (χ1) is 10.4. The van der Waals surface area contributed by atoms with E-state index in [1.807, 2.05) is 0 Å². The lowest BCUT2D eigenvalue weighted by Gasteiger charge is -2.04. The monoisotopic (exact) mass is 321 g/mol. The third-order valence-electron chi connectivity index (χ3n) is 2.71. The topological polar surface area (TPSA) is 111 Å². The number of ketones is 1. The number of carbonyl (C=O) groups excluding carboxylic acids is 2. The summed E-state index contributed by atoms with van der Waals surface area (Å²) < 4.78 is 4.87. The fourth-order valence-corrected chi connectivity index (χ4v) is 2.34. The molecule has 0 aliphatic rings. The lowest BCUT2D eigenvalue weighted by molar-refractivity contribution is -0.385. The summed E-state index contributed by atoms with van der Waals surface area (Å²) in [5.41, 5.74) is -0.217. The van der Waals surface area contributed by atoms with Gasteiger partial charge in [-0.2, -0.15) is 0 Å². The van der Waals surface area contributed by atoms with E-state index >= 15 is 0 Å². The molecule has 0 atom stereocenters. The van der Waals surface area contributed by atoms with E-state index in [2.05, 4.69) is 10.3 Å². The van der Waals surface area contributed by atoms with E-state index in [-0.39, 0.29) is 27.9 Å². The minimum Gasteiger partial charge on any atom is -0.490 e. The molecule has 0 spiro atoms. The molecule has 0 radical (unpaired) electrons. The van der Waals surface area contributed by atoms with Gasteiger partial charge in [0.1, 0.15) is 0 Å². The maximum absolute atomic E-state index is 12.1. The van der Waals surface area contributed by atoms with Gasteiger partial charge in [0.05, 0.1) is 23.1 Å². The Balaban J connectivity index is 2.23. The molecule has 0 fully saturated rings. The van der Waals surface area contributed by atoms with Crippen LogP contribution in [0.25, 0.3) is 0 Å². The van der Waals surface area contributed by atoms with Crippen molar-refractivity contribution in [1.82, 2.24) is 4.98 Å². The number of hydrogen-bond donors (Lipinski definition) is 1. The zero-order valence-electron chi connectivity index (χ0n) is 11.7. The van der Waals surface area contributed by atoms with Crippen molar-refractivity contribution in [2.24, 2.45) is 0 Å². The number of anilines is 1. The van der Waals surface area contributed by atoms with Crippen LogP contribution in [-0.2, 0) is 0 Å². The standard InChI is InChI=1S/C13H11N3O5S/c1-7(17)11-6-14-13(22-11)15-12(18)8-3-4-10(21-2)9(5-8)16(19)20/h3-6H,1-2H3,(H,14,15,18). The number of rotatable bonds is 5. The molecule has 0 aliphatic heterocycles. The van der Waals surface area contributed by atoms with E-state index in [0.717, 1.165) is 17.4 Å². The molecule has 1 N–H and O–H groups in total. The van der Waals surface area contributed by atoms with Gasteiger partial charge in [0, 0.05) is 18.6 Å². The molecule has 9 heteroatoms. The number of nitro benzene ring substituents is 1. The summed E-state index contributed by atoms with van der Waals surface area (Å²) in [5.74, 6) is -0.650. The van der Waals surface area contributed by atoms with Crippen LogP contribution in [0.5, 0.6) is 5.75 Å². The molecule has 2 rings (SSSR count). The van der Waals surface area contributed by atoms with Crippen molar-refractivity contribution in [2.75, 3.05) is 12.4 Å². The molecule has 1 amide bonds. The van der Waals surface area contributed by atoms with Crippen LogP contribution in [0.3, 0.4) is 0 Å². The quantitative estimate of drug-likeness (QED) is 0.514. The number of carbonyl (C=O) groups is 2. The Morgan fingerprint density at radius 3 is 2.68 bits per heavy atom. The minimum atomic E-state index is -0.632. The Kier molecular flexibility index (Phi) is 4.47. The second-order valence-corrected chi connectivity index (χ2v) is 5.21. The average Bonchev–Trinajstić information content (AvgIpc) is 2.95.